The summed E-state index contributed by atoms with van der Waals surface area (Å²) in [4.78, 5) is 11.6. The van der Waals surface area contributed by atoms with Crippen molar-refractivity contribution < 1.29 is 14.2 Å². The van der Waals surface area contributed by atoms with Gasteiger partial charge < -0.3 is 14.2 Å². The van der Waals surface area contributed by atoms with E-state index in [-0.39, 0.29) is 17.3 Å². The van der Waals surface area contributed by atoms with Gasteiger partial charge in [-0.25, -0.2) is 0 Å². The molecule has 0 aliphatic rings. The fraction of sp³-hybridized carbons (Fsp3) is 0.700. The highest BCUT2D eigenvalue weighted by Gasteiger charge is 2.06. The van der Waals surface area contributed by atoms with E-state index < -0.39 is 0 Å². The Morgan fingerprint density at radius 2 is 1.59 bits per heavy atom. The van der Waals surface area contributed by atoms with Crippen molar-refractivity contribution in [3.05, 3.63) is 5.28 Å². The van der Waals surface area contributed by atoms with Crippen molar-refractivity contribution >= 4 is 11.6 Å². The van der Waals surface area contributed by atoms with Gasteiger partial charge in [0.1, 0.15) is 6.61 Å². The number of ether oxygens (including phenoxy) is 3. The molecule has 0 aliphatic heterocycles. The Hall–Kier alpha value is -1.14. The summed E-state index contributed by atoms with van der Waals surface area (Å²) in [6.45, 7) is 5.91. The lowest BCUT2D eigenvalue weighted by Gasteiger charge is -2.06. The predicted molar refractivity (Wildman–Crippen MR) is 62.6 cm³/mol. The molecule has 0 atom stereocenters. The molecule has 0 saturated carbocycles. The third kappa shape index (κ3) is 5.65. The molecule has 0 aliphatic carbocycles. The van der Waals surface area contributed by atoms with Gasteiger partial charge in [-0.1, -0.05) is 6.92 Å². The van der Waals surface area contributed by atoms with Gasteiger partial charge in [-0.2, -0.15) is 9.97 Å². The normalized spacial score (nSPS) is 10.3. The highest BCUT2D eigenvalue weighted by molar-refractivity contribution is 6.28. The minimum Gasteiger partial charge on any atom is -0.463 e. The van der Waals surface area contributed by atoms with E-state index in [9.17, 15) is 0 Å². The summed E-state index contributed by atoms with van der Waals surface area (Å²) in [7, 11) is 0. The maximum Gasteiger partial charge on any atom is 0.324 e. The predicted octanol–water partition coefficient (Wildman–Crippen LogP) is 1.73. The van der Waals surface area contributed by atoms with Crippen LogP contribution in [0.2, 0.25) is 5.28 Å². The van der Waals surface area contributed by atoms with E-state index in [1.165, 1.54) is 0 Å². The molecule has 0 saturated heterocycles. The van der Waals surface area contributed by atoms with Gasteiger partial charge in [0.05, 0.1) is 13.2 Å². The van der Waals surface area contributed by atoms with Crippen LogP contribution in [-0.2, 0) is 4.74 Å². The summed E-state index contributed by atoms with van der Waals surface area (Å²) >= 11 is 5.72. The molecular weight excluding hydrogens is 246 g/mol. The van der Waals surface area contributed by atoms with Gasteiger partial charge in [-0.3, -0.25) is 0 Å². The number of rotatable bonds is 8. The van der Waals surface area contributed by atoms with Crippen molar-refractivity contribution in [3.8, 4) is 12.0 Å². The zero-order valence-corrected chi connectivity index (χ0v) is 10.7. The second-order valence-electron chi connectivity index (χ2n) is 3.06. The lowest BCUT2D eigenvalue weighted by Crippen LogP contribution is -2.10. The van der Waals surface area contributed by atoms with Crippen molar-refractivity contribution in [2.75, 3.05) is 26.4 Å². The molecule has 17 heavy (non-hydrogen) atoms. The van der Waals surface area contributed by atoms with Crippen LogP contribution in [0, 0.1) is 0 Å². The van der Waals surface area contributed by atoms with Crippen LogP contribution in [0.25, 0.3) is 0 Å². The van der Waals surface area contributed by atoms with Crippen LogP contribution in [0.1, 0.15) is 20.3 Å². The fourth-order valence-electron chi connectivity index (χ4n) is 0.973. The standard InChI is InChI=1S/C10H16ClN3O3/c1-3-5-16-9-12-8(11)13-10(14-9)17-7-6-15-4-2/h3-7H2,1-2H3. The van der Waals surface area contributed by atoms with Crippen LogP contribution in [0.3, 0.4) is 0 Å². The molecule has 1 aromatic heterocycles. The number of aromatic nitrogens is 3. The van der Waals surface area contributed by atoms with Crippen molar-refractivity contribution in [3.63, 3.8) is 0 Å². The van der Waals surface area contributed by atoms with Gasteiger partial charge in [0.2, 0.25) is 5.28 Å². The SMILES string of the molecule is CCCOc1nc(Cl)nc(OCCOCC)n1. The molecule has 0 amide bonds. The lowest BCUT2D eigenvalue weighted by molar-refractivity contribution is 0.105. The lowest BCUT2D eigenvalue weighted by atomic mass is 10.5. The molecule has 0 spiro atoms. The first-order chi connectivity index (χ1) is 8.26. The second-order valence-corrected chi connectivity index (χ2v) is 3.40. The smallest absolute Gasteiger partial charge is 0.324 e. The summed E-state index contributed by atoms with van der Waals surface area (Å²) in [5.74, 6) is 0. The Balaban J connectivity index is 2.50. The highest BCUT2D eigenvalue weighted by Crippen LogP contribution is 2.13. The van der Waals surface area contributed by atoms with Gasteiger partial charge in [0, 0.05) is 6.61 Å². The highest BCUT2D eigenvalue weighted by atomic mass is 35.5. The average Bonchev–Trinajstić information content (AvgIpc) is 2.31. The molecule has 1 aromatic rings. The Morgan fingerprint density at radius 1 is 0.941 bits per heavy atom. The monoisotopic (exact) mass is 261 g/mol. The van der Waals surface area contributed by atoms with E-state index >= 15 is 0 Å². The summed E-state index contributed by atoms with van der Waals surface area (Å²) in [5.41, 5.74) is 0. The van der Waals surface area contributed by atoms with Gasteiger partial charge in [-0.05, 0) is 24.9 Å². The van der Waals surface area contributed by atoms with Crippen LogP contribution in [0.5, 0.6) is 12.0 Å². The maximum atomic E-state index is 5.72. The topological polar surface area (TPSA) is 66.4 Å². The molecule has 6 nitrogen and oxygen atoms in total. The minimum atomic E-state index is 0.0533. The molecule has 0 fully saturated rings. The Kier molecular flexibility index (Phi) is 6.57. The van der Waals surface area contributed by atoms with Crippen molar-refractivity contribution in [2.24, 2.45) is 0 Å². The van der Waals surface area contributed by atoms with Gasteiger partial charge >= 0.3 is 12.0 Å². The third-order valence-corrected chi connectivity index (χ3v) is 1.83. The summed E-state index contributed by atoms with van der Waals surface area (Å²) in [5, 5.41) is 0.0533. The van der Waals surface area contributed by atoms with E-state index in [0.717, 1.165) is 6.42 Å². The molecule has 0 N–H and O–H groups in total. The molecule has 0 bridgehead atoms. The van der Waals surface area contributed by atoms with Crippen LogP contribution < -0.4 is 9.47 Å². The van der Waals surface area contributed by atoms with Crippen molar-refractivity contribution in [1.82, 2.24) is 15.0 Å². The van der Waals surface area contributed by atoms with Crippen LogP contribution in [0.4, 0.5) is 0 Å². The maximum absolute atomic E-state index is 5.72. The van der Waals surface area contributed by atoms with Crippen LogP contribution in [-0.4, -0.2) is 41.4 Å². The third-order valence-electron chi connectivity index (χ3n) is 1.67. The molecule has 1 heterocycles. The Bertz CT molecular complexity index is 339. The van der Waals surface area contributed by atoms with Crippen molar-refractivity contribution in [1.29, 1.82) is 0 Å². The second kappa shape index (κ2) is 8.03. The Labute approximate surface area is 105 Å². The van der Waals surface area contributed by atoms with Gasteiger partial charge in [0.15, 0.2) is 0 Å². The first kappa shape index (κ1) is 13.9. The van der Waals surface area contributed by atoms with E-state index in [4.69, 9.17) is 25.8 Å². The molecule has 1 rings (SSSR count). The fourth-order valence-corrected chi connectivity index (χ4v) is 1.12. The van der Waals surface area contributed by atoms with Crippen LogP contribution in [0.15, 0.2) is 0 Å². The molecule has 0 radical (unpaired) electrons. The summed E-state index contributed by atoms with van der Waals surface area (Å²) in [6, 6.07) is 0.328. The molecule has 0 aromatic carbocycles. The minimum absolute atomic E-state index is 0.0533. The largest absolute Gasteiger partial charge is 0.463 e. The Morgan fingerprint density at radius 3 is 2.18 bits per heavy atom. The number of halogens is 1. The van der Waals surface area contributed by atoms with E-state index in [1.807, 2.05) is 13.8 Å². The quantitative estimate of drug-likeness (QED) is 0.664. The average molecular weight is 262 g/mol. The number of hydrogen-bond donors (Lipinski definition) is 0. The van der Waals surface area contributed by atoms with E-state index in [0.29, 0.717) is 26.4 Å². The van der Waals surface area contributed by atoms with Crippen molar-refractivity contribution in [2.45, 2.75) is 20.3 Å². The molecular formula is C10H16ClN3O3. The molecule has 0 unspecified atom stereocenters. The number of hydrogen-bond acceptors (Lipinski definition) is 6. The first-order valence-electron chi connectivity index (χ1n) is 5.51. The van der Waals surface area contributed by atoms with Gasteiger partial charge in [0.25, 0.3) is 0 Å². The zero-order valence-electron chi connectivity index (χ0n) is 9.98. The van der Waals surface area contributed by atoms with Gasteiger partial charge in [-0.15, -0.1) is 4.98 Å². The number of nitrogens with zero attached hydrogens (tertiary/aromatic N) is 3. The first-order valence-corrected chi connectivity index (χ1v) is 5.89. The van der Waals surface area contributed by atoms with Crippen LogP contribution >= 0.6 is 11.6 Å². The molecule has 7 heteroatoms. The molecule has 96 valence electrons. The van der Waals surface area contributed by atoms with E-state index in [2.05, 4.69) is 15.0 Å². The summed E-state index contributed by atoms with van der Waals surface area (Å²) < 4.78 is 15.6. The van der Waals surface area contributed by atoms with E-state index in [1.54, 1.807) is 0 Å². The summed E-state index contributed by atoms with van der Waals surface area (Å²) in [6.07, 6.45) is 0.865. The zero-order chi connectivity index (χ0) is 12.5.